The van der Waals surface area contributed by atoms with E-state index in [0.717, 1.165) is 17.7 Å². The lowest BCUT2D eigenvalue weighted by Gasteiger charge is -2.05. The van der Waals surface area contributed by atoms with Crippen molar-refractivity contribution in [1.82, 2.24) is 0 Å². The Bertz CT molecular complexity index is 699. The highest BCUT2D eigenvalue weighted by molar-refractivity contribution is 7.08. The number of hydrogen-bond acceptors (Lipinski definition) is 4. The zero-order valence-electron chi connectivity index (χ0n) is 11.2. The van der Waals surface area contributed by atoms with Gasteiger partial charge in [-0.3, -0.25) is 4.79 Å². The molecule has 1 N–H and O–H groups in total. The number of amides is 1. The summed E-state index contributed by atoms with van der Waals surface area (Å²) in [5.41, 5.74) is 0.932. The van der Waals surface area contributed by atoms with E-state index in [1.54, 1.807) is 6.08 Å². The minimum absolute atomic E-state index is 0.0776. The summed E-state index contributed by atoms with van der Waals surface area (Å²) in [5.74, 6) is -3.41. The van der Waals surface area contributed by atoms with Crippen LogP contribution in [0.25, 0.3) is 6.08 Å². The van der Waals surface area contributed by atoms with Crippen LogP contribution in [0.15, 0.2) is 41.1 Å². The first-order valence-corrected chi connectivity index (χ1v) is 7.11. The highest BCUT2D eigenvalue weighted by Crippen LogP contribution is 2.13. The molecule has 1 amide bonds. The maximum atomic E-state index is 13.0. The Morgan fingerprint density at radius 1 is 1.23 bits per heavy atom. The van der Waals surface area contributed by atoms with Gasteiger partial charge in [-0.2, -0.15) is 11.3 Å². The standard InChI is InChI=1S/C15H11F2NO3S/c16-12-3-2-11(7-13(12)17)18-14(19)8-21-15(20)4-1-10-5-6-22-9-10/h1-7,9H,8H2,(H,18,19)/b4-1+. The maximum Gasteiger partial charge on any atom is 0.331 e. The van der Waals surface area contributed by atoms with Gasteiger partial charge in [0.05, 0.1) is 0 Å². The molecule has 0 aliphatic rings. The second kappa shape index (κ2) is 7.46. The van der Waals surface area contributed by atoms with Crippen LogP contribution in [0.1, 0.15) is 5.56 Å². The van der Waals surface area contributed by atoms with Crippen LogP contribution < -0.4 is 5.32 Å². The first-order chi connectivity index (χ1) is 10.5. The van der Waals surface area contributed by atoms with E-state index in [1.165, 1.54) is 23.5 Å². The summed E-state index contributed by atoms with van der Waals surface area (Å²) in [7, 11) is 0. The number of hydrogen-bond donors (Lipinski definition) is 1. The van der Waals surface area contributed by atoms with Crippen LogP contribution in [0.4, 0.5) is 14.5 Å². The normalized spacial score (nSPS) is 10.6. The number of carbonyl (C=O) groups excluding carboxylic acids is 2. The van der Waals surface area contributed by atoms with Crippen LogP contribution >= 0.6 is 11.3 Å². The molecule has 0 fully saturated rings. The van der Waals surface area contributed by atoms with Gasteiger partial charge in [0.1, 0.15) is 0 Å². The summed E-state index contributed by atoms with van der Waals surface area (Å²) in [6.45, 7) is -0.522. The molecule has 2 rings (SSSR count). The Kier molecular flexibility index (Phi) is 5.37. The Hall–Kier alpha value is -2.54. The molecule has 0 radical (unpaired) electrons. The van der Waals surface area contributed by atoms with E-state index >= 15 is 0 Å². The van der Waals surface area contributed by atoms with Gasteiger partial charge in [-0.1, -0.05) is 0 Å². The molecule has 1 aromatic carbocycles. The van der Waals surface area contributed by atoms with Crippen molar-refractivity contribution < 1.29 is 23.1 Å². The Morgan fingerprint density at radius 3 is 2.73 bits per heavy atom. The minimum atomic E-state index is -1.08. The summed E-state index contributed by atoms with van der Waals surface area (Å²) in [6.07, 6.45) is 2.76. The van der Waals surface area contributed by atoms with Crippen LogP contribution in [0.3, 0.4) is 0 Å². The SMILES string of the molecule is O=C(COC(=O)/C=C/c1ccsc1)Nc1ccc(F)c(F)c1. The fraction of sp³-hybridized carbons (Fsp3) is 0.0667. The van der Waals surface area contributed by atoms with Gasteiger partial charge in [0.15, 0.2) is 18.2 Å². The quantitative estimate of drug-likeness (QED) is 0.679. The van der Waals surface area contributed by atoms with Crippen molar-refractivity contribution in [2.24, 2.45) is 0 Å². The van der Waals surface area contributed by atoms with Crippen molar-refractivity contribution in [1.29, 1.82) is 0 Å². The van der Waals surface area contributed by atoms with Crippen LogP contribution in [-0.4, -0.2) is 18.5 Å². The van der Waals surface area contributed by atoms with Crippen LogP contribution in [-0.2, 0) is 14.3 Å². The van der Waals surface area contributed by atoms with E-state index in [0.29, 0.717) is 0 Å². The molecule has 0 atom stereocenters. The molecule has 22 heavy (non-hydrogen) atoms. The number of nitrogens with one attached hydrogen (secondary N) is 1. The van der Waals surface area contributed by atoms with Gasteiger partial charge in [0.25, 0.3) is 5.91 Å². The molecular formula is C15H11F2NO3S. The third-order valence-electron chi connectivity index (χ3n) is 2.50. The molecule has 4 nitrogen and oxygen atoms in total. The number of benzene rings is 1. The highest BCUT2D eigenvalue weighted by Gasteiger charge is 2.08. The zero-order chi connectivity index (χ0) is 15.9. The van der Waals surface area contributed by atoms with E-state index in [1.807, 2.05) is 16.8 Å². The van der Waals surface area contributed by atoms with E-state index in [2.05, 4.69) is 5.32 Å². The Labute approximate surface area is 129 Å². The third kappa shape index (κ3) is 4.78. The lowest BCUT2D eigenvalue weighted by atomic mass is 10.3. The average molecular weight is 323 g/mol. The summed E-state index contributed by atoms with van der Waals surface area (Å²) in [4.78, 5) is 22.9. The molecule has 0 bridgehead atoms. The highest BCUT2D eigenvalue weighted by atomic mass is 32.1. The first-order valence-electron chi connectivity index (χ1n) is 6.16. The summed E-state index contributed by atoms with van der Waals surface area (Å²) in [6, 6.07) is 4.75. The lowest BCUT2D eigenvalue weighted by Crippen LogP contribution is -2.20. The van der Waals surface area contributed by atoms with Crippen LogP contribution in [0.2, 0.25) is 0 Å². The molecule has 7 heteroatoms. The smallest absolute Gasteiger partial charge is 0.331 e. The predicted octanol–water partition coefficient (Wildman–Crippen LogP) is 3.22. The lowest BCUT2D eigenvalue weighted by molar-refractivity contribution is -0.142. The number of esters is 1. The number of carbonyl (C=O) groups is 2. The molecule has 0 unspecified atom stereocenters. The van der Waals surface area contributed by atoms with Gasteiger partial charge < -0.3 is 10.1 Å². The Morgan fingerprint density at radius 2 is 2.05 bits per heavy atom. The molecule has 0 spiro atoms. The van der Waals surface area contributed by atoms with Crippen LogP contribution in [0.5, 0.6) is 0 Å². The largest absolute Gasteiger partial charge is 0.452 e. The molecule has 1 heterocycles. The topological polar surface area (TPSA) is 55.4 Å². The van der Waals surface area contributed by atoms with Crippen LogP contribution in [0, 0.1) is 11.6 Å². The molecular weight excluding hydrogens is 312 g/mol. The van der Waals surface area contributed by atoms with E-state index in [9.17, 15) is 18.4 Å². The molecule has 2 aromatic rings. The summed E-state index contributed by atoms with van der Waals surface area (Å²) < 4.78 is 30.4. The molecule has 1 aromatic heterocycles. The summed E-state index contributed by atoms with van der Waals surface area (Å²) >= 11 is 1.49. The van der Waals surface area contributed by atoms with Gasteiger partial charge in [0.2, 0.25) is 0 Å². The minimum Gasteiger partial charge on any atom is -0.452 e. The van der Waals surface area contributed by atoms with Gasteiger partial charge in [-0.15, -0.1) is 0 Å². The van der Waals surface area contributed by atoms with E-state index in [4.69, 9.17) is 4.74 Å². The predicted molar refractivity (Wildman–Crippen MR) is 79.3 cm³/mol. The van der Waals surface area contributed by atoms with Crippen molar-refractivity contribution in [2.75, 3.05) is 11.9 Å². The fourth-order valence-corrected chi connectivity index (χ4v) is 2.12. The number of rotatable bonds is 5. The second-order valence-corrected chi connectivity index (χ2v) is 4.95. The Balaban J connectivity index is 1.79. The molecule has 0 saturated heterocycles. The number of ether oxygens (including phenoxy) is 1. The van der Waals surface area contributed by atoms with Gasteiger partial charge >= 0.3 is 5.97 Å². The van der Waals surface area contributed by atoms with Crippen molar-refractivity contribution in [2.45, 2.75) is 0 Å². The van der Waals surface area contributed by atoms with Crippen molar-refractivity contribution in [3.63, 3.8) is 0 Å². The van der Waals surface area contributed by atoms with Crippen molar-refractivity contribution in [3.05, 3.63) is 58.3 Å². The molecule has 0 aliphatic carbocycles. The zero-order valence-corrected chi connectivity index (χ0v) is 12.0. The average Bonchev–Trinajstić information content (AvgIpc) is 3.00. The first kappa shape index (κ1) is 15.8. The number of thiophene rings is 1. The molecule has 0 saturated carbocycles. The van der Waals surface area contributed by atoms with Crippen molar-refractivity contribution >= 4 is 35.0 Å². The number of halogens is 2. The molecule has 114 valence electrons. The fourth-order valence-electron chi connectivity index (χ4n) is 1.49. The van der Waals surface area contributed by atoms with E-state index in [-0.39, 0.29) is 5.69 Å². The van der Waals surface area contributed by atoms with Gasteiger partial charge in [-0.05, 0) is 40.6 Å². The maximum absolute atomic E-state index is 13.0. The van der Waals surface area contributed by atoms with Gasteiger partial charge in [0, 0.05) is 17.8 Å². The van der Waals surface area contributed by atoms with Gasteiger partial charge in [-0.25, -0.2) is 13.6 Å². The summed E-state index contributed by atoms with van der Waals surface area (Å²) in [5, 5.41) is 6.00. The third-order valence-corrected chi connectivity index (χ3v) is 3.21. The molecule has 0 aliphatic heterocycles. The monoisotopic (exact) mass is 323 g/mol. The van der Waals surface area contributed by atoms with Crippen molar-refractivity contribution in [3.8, 4) is 0 Å². The van der Waals surface area contributed by atoms with E-state index < -0.39 is 30.1 Å². The number of anilines is 1. The second-order valence-electron chi connectivity index (χ2n) is 4.17.